The number of hydrogen-bond donors (Lipinski definition) is 1. The third kappa shape index (κ3) is 4.33. The van der Waals surface area contributed by atoms with Gasteiger partial charge in [0, 0.05) is 25.7 Å². The van der Waals surface area contributed by atoms with Gasteiger partial charge in [0.15, 0.2) is 0 Å². The quantitative estimate of drug-likeness (QED) is 0.798. The summed E-state index contributed by atoms with van der Waals surface area (Å²) in [5, 5.41) is 8.87. The molecule has 2 heteroatoms. The van der Waals surface area contributed by atoms with Gasteiger partial charge in [0.2, 0.25) is 0 Å². The molecule has 0 amide bonds. The largest absolute Gasteiger partial charge is 0.396 e. The van der Waals surface area contributed by atoms with E-state index in [-0.39, 0.29) is 6.61 Å². The zero-order chi connectivity index (χ0) is 12.0. The molecule has 1 aromatic carbocycles. The third-order valence-electron chi connectivity index (χ3n) is 2.84. The van der Waals surface area contributed by atoms with Crippen molar-refractivity contribution < 1.29 is 5.11 Å². The van der Waals surface area contributed by atoms with Gasteiger partial charge in [-0.1, -0.05) is 29.8 Å². The highest BCUT2D eigenvalue weighted by Gasteiger charge is 2.09. The summed E-state index contributed by atoms with van der Waals surface area (Å²) in [6, 6.07) is 9.19. The molecule has 0 unspecified atom stereocenters. The van der Waals surface area contributed by atoms with Crippen LogP contribution < -0.4 is 0 Å². The second kappa shape index (κ2) is 6.66. The topological polar surface area (TPSA) is 23.5 Å². The van der Waals surface area contributed by atoms with Crippen molar-refractivity contribution in [3.63, 3.8) is 0 Å². The normalized spacial score (nSPS) is 11.4. The summed E-state index contributed by atoms with van der Waals surface area (Å²) in [5.74, 6) is 0. The van der Waals surface area contributed by atoms with Crippen LogP contribution in [0.3, 0.4) is 0 Å². The number of nitrogens with zero attached hydrogens (tertiary/aromatic N) is 1. The van der Waals surface area contributed by atoms with Crippen LogP contribution in [0.15, 0.2) is 24.3 Å². The summed E-state index contributed by atoms with van der Waals surface area (Å²) in [4.78, 5) is 2.39. The lowest BCUT2D eigenvalue weighted by atomic mass is 10.1. The summed E-state index contributed by atoms with van der Waals surface area (Å²) in [6.07, 6.45) is 0.851. The lowest BCUT2D eigenvalue weighted by Crippen LogP contribution is -2.31. The van der Waals surface area contributed by atoms with E-state index in [2.05, 4.69) is 49.9 Å². The molecule has 0 aliphatic carbocycles. The van der Waals surface area contributed by atoms with Crippen molar-refractivity contribution >= 4 is 0 Å². The van der Waals surface area contributed by atoms with Crippen LogP contribution in [0, 0.1) is 6.92 Å². The zero-order valence-corrected chi connectivity index (χ0v) is 10.6. The van der Waals surface area contributed by atoms with Gasteiger partial charge in [0.25, 0.3) is 0 Å². The molecule has 2 nitrogen and oxygen atoms in total. The fraction of sp³-hybridized carbons (Fsp3) is 0.571. The van der Waals surface area contributed by atoms with Crippen LogP contribution in [0.5, 0.6) is 0 Å². The third-order valence-corrected chi connectivity index (χ3v) is 2.84. The molecule has 0 atom stereocenters. The Bertz CT molecular complexity index is 292. The molecule has 0 heterocycles. The van der Waals surface area contributed by atoms with Gasteiger partial charge in [-0.15, -0.1) is 0 Å². The predicted molar refractivity (Wildman–Crippen MR) is 68.4 cm³/mol. The van der Waals surface area contributed by atoms with E-state index in [9.17, 15) is 0 Å². The number of hydrogen-bond acceptors (Lipinski definition) is 2. The standard InChI is InChI=1S/C14H23NO/c1-12(2)15(9-4-10-16)11-14-7-5-13(3)6-8-14/h5-8,12,16H,4,9-11H2,1-3H3. The zero-order valence-electron chi connectivity index (χ0n) is 10.6. The molecule has 0 spiro atoms. The van der Waals surface area contributed by atoms with Crippen LogP contribution in [0.25, 0.3) is 0 Å². The van der Waals surface area contributed by atoms with Gasteiger partial charge in [0.05, 0.1) is 0 Å². The summed E-state index contributed by atoms with van der Waals surface area (Å²) in [6.45, 7) is 8.71. The van der Waals surface area contributed by atoms with E-state index in [1.165, 1.54) is 11.1 Å². The second-order valence-corrected chi connectivity index (χ2v) is 4.63. The first-order chi connectivity index (χ1) is 7.63. The minimum atomic E-state index is 0.275. The van der Waals surface area contributed by atoms with Crippen LogP contribution in [0.2, 0.25) is 0 Å². The molecule has 0 fully saturated rings. The van der Waals surface area contributed by atoms with E-state index in [1.807, 2.05) is 0 Å². The molecular formula is C14H23NO. The van der Waals surface area contributed by atoms with Crippen LogP contribution in [-0.4, -0.2) is 29.2 Å². The molecule has 16 heavy (non-hydrogen) atoms. The van der Waals surface area contributed by atoms with Gasteiger partial charge in [-0.25, -0.2) is 0 Å². The molecular weight excluding hydrogens is 198 g/mol. The highest BCUT2D eigenvalue weighted by molar-refractivity contribution is 5.21. The van der Waals surface area contributed by atoms with Gasteiger partial charge >= 0.3 is 0 Å². The molecule has 0 saturated carbocycles. The first kappa shape index (κ1) is 13.2. The first-order valence-corrected chi connectivity index (χ1v) is 6.04. The van der Waals surface area contributed by atoms with E-state index in [0.717, 1.165) is 19.5 Å². The number of benzene rings is 1. The maximum atomic E-state index is 8.87. The van der Waals surface area contributed by atoms with E-state index >= 15 is 0 Å². The van der Waals surface area contributed by atoms with Gasteiger partial charge in [-0.05, 0) is 32.8 Å². The van der Waals surface area contributed by atoms with Crippen LogP contribution in [-0.2, 0) is 6.54 Å². The maximum absolute atomic E-state index is 8.87. The summed E-state index contributed by atoms with van der Waals surface area (Å²) < 4.78 is 0. The fourth-order valence-electron chi connectivity index (χ4n) is 1.72. The lowest BCUT2D eigenvalue weighted by Gasteiger charge is -2.26. The van der Waals surface area contributed by atoms with Crippen molar-refractivity contribution in [1.82, 2.24) is 4.90 Å². The Kier molecular flexibility index (Phi) is 5.50. The van der Waals surface area contributed by atoms with Crippen LogP contribution >= 0.6 is 0 Å². The number of aryl methyl sites for hydroxylation is 1. The Morgan fingerprint density at radius 3 is 2.31 bits per heavy atom. The molecule has 1 aromatic rings. The number of aliphatic hydroxyl groups excluding tert-OH is 1. The lowest BCUT2D eigenvalue weighted by molar-refractivity contribution is 0.185. The molecule has 0 saturated heterocycles. The van der Waals surface area contributed by atoms with Crippen molar-refractivity contribution in [2.24, 2.45) is 0 Å². The molecule has 1 rings (SSSR count). The molecule has 0 bridgehead atoms. The monoisotopic (exact) mass is 221 g/mol. The molecule has 0 aliphatic heterocycles. The Labute approximate surface area is 98.9 Å². The average molecular weight is 221 g/mol. The molecule has 0 radical (unpaired) electrons. The van der Waals surface area contributed by atoms with Crippen molar-refractivity contribution in [2.75, 3.05) is 13.2 Å². The first-order valence-electron chi connectivity index (χ1n) is 6.04. The Balaban J connectivity index is 2.57. The average Bonchev–Trinajstić information content (AvgIpc) is 2.26. The fourth-order valence-corrected chi connectivity index (χ4v) is 1.72. The van der Waals surface area contributed by atoms with Crippen molar-refractivity contribution in [1.29, 1.82) is 0 Å². The second-order valence-electron chi connectivity index (χ2n) is 4.63. The Morgan fingerprint density at radius 1 is 1.19 bits per heavy atom. The van der Waals surface area contributed by atoms with E-state index < -0.39 is 0 Å². The SMILES string of the molecule is Cc1ccc(CN(CCCO)C(C)C)cc1. The molecule has 0 aliphatic rings. The molecule has 90 valence electrons. The maximum Gasteiger partial charge on any atom is 0.0443 e. The minimum Gasteiger partial charge on any atom is -0.396 e. The molecule has 0 aromatic heterocycles. The van der Waals surface area contributed by atoms with Gasteiger partial charge in [-0.2, -0.15) is 0 Å². The van der Waals surface area contributed by atoms with Crippen LogP contribution in [0.4, 0.5) is 0 Å². The van der Waals surface area contributed by atoms with E-state index in [4.69, 9.17) is 5.11 Å². The smallest absolute Gasteiger partial charge is 0.0443 e. The highest BCUT2D eigenvalue weighted by Crippen LogP contribution is 2.10. The molecule has 1 N–H and O–H groups in total. The summed E-state index contributed by atoms with van der Waals surface area (Å²) in [7, 11) is 0. The number of aliphatic hydroxyl groups is 1. The van der Waals surface area contributed by atoms with Crippen LogP contribution in [0.1, 0.15) is 31.4 Å². The minimum absolute atomic E-state index is 0.275. The Hall–Kier alpha value is -0.860. The van der Waals surface area contributed by atoms with Crippen molar-refractivity contribution in [3.8, 4) is 0 Å². The van der Waals surface area contributed by atoms with Crippen molar-refractivity contribution in [3.05, 3.63) is 35.4 Å². The predicted octanol–water partition coefficient (Wildman–Crippen LogP) is 2.59. The summed E-state index contributed by atoms with van der Waals surface area (Å²) >= 11 is 0. The summed E-state index contributed by atoms with van der Waals surface area (Å²) in [5.41, 5.74) is 2.65. The van der Waals surface area contributed by atoms with E-state index in [0.29, 0.717) is 6.04 Å². The Morgan fingerprint density at radius 2 is 1.81 bits per heavy atom. The highest BCUT2D eigenvalue weighted by atomic mass is 16.3. The van der Waals surface area contributed by atoms with Crippen molar-refractivity contribution in [2.45, 2.75) is 39.8 Å². The van der Waals surface area contributed by atoms with E-state index in [1.54, 1.807) is 0 Å². The van der Waals surface area contributed by atoms with Gasteiger partial charge < -0.3 is 5.11 Å². The van der Waals surface area contributed by atoms with Gasteiger partial charge in [-0.3, -0.25) is 4.90 Å². The number of rotatable bonds is 6. The van der Waals surface area contributed by atoms with Gasteiger partial charge in [0.1, 0.15) is 0 Å².